The zero-order valence-electron chi connectivity index (χ0n) is 12.6. The van der Waals surface area contributed by atoms with E-state index in [0.29, 0.717) is 18.9 Å². The van der Waals surface area contributed by atoms with Gasteiger partial charge in [-0.1, -0.05) is 31.1 Å². The van der Waals surface area contributed by atoms with E-state index in [4.69, 9.17) is 4.74 Å². The maximum Gasteiger partial charge on any atom is 0.306 e. The van der Waals surface area contributed by atoms with Crippen molar-refractivity contribution in [3.05, 3.63) is 23.3 Å². The normalized spacial score (nSPS) is 11.6. The first-order valence-corrected chi connectivity index (χ1v) is 6.86. The molecule has 18 heavy (non-hydrogen) atoms. The molecule has 0 bridgehead atoms. The van der Waals surface area contributed by atoms with E-state index in [1.54, 1.807) is 0 Å². The van der Waals surface area contributed by atoms with Crippen molar-refractivity contribution in [2.24, 2.45) is 5.92 Å². The summed E-state index contributed by atoms with van der Waals surface area (Å²) in [6, 6.07) is 0. The lowest BCUT2D eigenvalue weighted by Gasteiger charge is -2.05. The minimum atomic E-state index is -0.0861. The summed E-state index contributed by atoms with van der Waals surface area (Å²) in [7, 11) is 0. The number of carbonyl (C=O) groups is 1. The van der Waals surface area contributed by atoms with Crippen LogP contribution in [0.25, 0.3) is 0 Å². The van der Waals surface area contributed by atoms with Crippen LogP contribution in [0.1, 0.15) is 60.3 Å². The van der Waals surface area contributed by atoms with Crippen molar-refractivity contribution in [2.45, 2.75) is 60.3 Å². The van der Waals surface area contributed by atoms with E-state index >= 15 is 0 Å². The van der Waals surface area contributed by atoms with E-state index in [1.807, 2.05) is 6.08 Å². The lowest BCUT2D eigenvalue weighted by molar-refractivity contribution is -0.142. The molecule has 0 heterocycles. The molecule has 104 valence electrons. The Morgan fingerprint density at radius 3 is 2.33 bits per heavy atom. The van der Waals surface area contributed by atoms with Crippen molar-refractivity contribution in [3.8, 4) is 0 Å². The zero-order chi connectivity index (χ0) is 14.0. The molecule has 0 atom stereocenters. The zero-order valence-corrected chi connectivity index (χ0v) is 12.6. The predicted octanol–water partition coefficient (Wildman–Crippen LogP) is 4.66. The molecule has 0 rings (SSSR count). The molecule has 0 unspecified atom stereocenters. The number of hydrogen-bond donors (Lipinski definition) is 0. The molecule has 0 saturated heterocycles. The maximum atomic E-state index is 11.4. The van der Waals surface area contributed by atoms with E-state index in [-0.39, 0.29) is 5.97 Å². The van der Waals surface area contributed by atoms with Gasteiger partial charge in [-0.05, 0) is 52.0 Å². The molecule has 2 nitrogen and oxygen atoms in total. The number of rotatable bonds is 8. The predicted molar refractivity (Wildman–Crippen MR) is 77.5 cm³/mol. The van der Waals surface area contributed by atoms with Crippen LogP contribution in [0, 0.1) is 5.92 Å². The summed E-state index contributed by atoms with van der Waals surface area (Å²) in [6.45, 7) is 10.9. The highest BCUT2D eigenvalue weighted by molar-refractivity contribution is 5.69. The molecule has 0 N–H and O–H groups in total. The van der Waals surface area contributed by atoms with E-state index < -0.39 is 0 Å². The van der Waals surface area contributed by atoms with Crippen molar-refractivity contribution in [2.75, 3.05) is 6.61 Å². The van der Waals surface area contributed by atoms with Crippen LogP contribution in [0.3, 0.4) is 0 Å². The summed E-state index contributed by atoms with van der Waals surface area (Å²) >= 11 is 0. The Hall–Kier alpha value is -1.05. The summed E-state index contributed by atoms with van der Waals surface area (Å²) in [5.74, 6) is 0.468. The van der Waals surface area contributed by atoms with Crippen LogP contribution < -0.4 is 0 Å². The van der Waals surface area contributed by atoms with E-state index in [2.05, 4.69) is 40.7 Å². The fourth-order valence-electron chi connectivity index (χ4n) is 1.45. The SMILES string of the molecule is CC(C)=CCC/C(C)=C/COC(=O)CCC(C)C. The van der Waals surface area contributed by atoms with Gasteiger partial charge in [0.15, 0.2) is 0 Å². The van der Waals surface area contributed by atoms with Crippen LogP contribution in [0.4, 0.5) is 0 Å². The Labute approximate surface area is 112 Å². The lowest BCUT2D eigenvalue weighted by Crippen LogP contribution is -2.06. The Balaban J connectivity index is 3.73. The topological polar surface area (TPSA) is 26.3 Å². The van der Waals surface area contributed by atoms with Crippen molar-refractivity contribution in [3.63, 3.8) is 0 Å². The van der Waals surface area contributed by atoms with Crippen LogP contribution >= 0.6 is 0 Å². The van der Waals surface area contributed by atoms with Crippen LogP contribution in [-0.2, 0) is 9.53 Å². The number of allylic oxidation sites excluding steroid dienone is 3. The van der Waals surface area contributed by atoms with E-state index in [1.165, 1.54) is 11.1 Å². The highest BCUT2D eigenvalue weighted by Crippen LogP contribution is 2.07. The van der Waals surface area contributed by atoms with Crippen LogP contribution in [0.2, 0.25) is 0 Å². The Bertz CT molecular complexity index is 294. The second kappa shape index (κ2) is 9.93. The molecule has 0 aliphatic heterocycles. The number of hydrogen-bond acceptors (Lipinski definition) is 2. The molecule has 0 amide bonds. The molecule has 0 aromatic rings. The van der Waals surface area contributed by atoms with E-state index in [0.717, 1.165) is 19.3 Å². The molecule has 0 aliphatic carbocycles. The molecule has 0 aliphatic rings. The second-order valence-electron chi connectivity index (χ2n) is 5.49. The maximum absolute atomic E-state index is 11.4. The fraction of sp³-hybridized carbons (Fsp3) is 0.688. The van der Waals surface area contributed by atoms with Crippen LogP contribution in [0.5, 0.6) is 0 Å². The summed E-state index contributed by atoms with van der Waals surface area (Å²) < 4.78 is 5.16. The molecule has 0 aromatic carbocycles. The minimum Gasteiger partial charge on any atom is -0.461 e. The van der Waals surface area contributed by atoms with Crippen LogP contribution in [0.15, 0.2) is 23.3 Å². The monoisotopic (exact) mass is 252 g/mol. The van der Waals surface area contributed by atoms with Gasteiger partial charge in [0.05, 0.1) is 0 Å². The summed E-state index contributed by atoms with van der Waals surface area (Å²) in [5.41, 5.74) is 2.63. The smallest absolute Gasteiger partial charge is 0.306 e. The fourth-order valence-corrected chi connectivity index (χ4v) is 1.45. The van der Waals surface area contributed by atoms with Crippen LogP contribution in [-0.4, -0.2) is 12.6 Å². The van der Waals surface area contributed by atoms with Gasteiger partial charge >= 0.3 is 5.97 Å². The van der Waals surface area contributed by atoms with Crippen molar-refractivity contribution in [1.82, 2.24) is 0 Å². The van der Waals surface area contributed by atoms with Gasteiger partial charge in [-0.15, -0.1) is 0 Å². The Kier molecular flexibility index (Phi) is 9.35. The molecule has 0 saturated carbocycles. The lowest BCUT2D eigenvalue weighted by atomic mass is 10.1. The third kappa shape index (κ3) is 11.4. The first kappa shape index (κ1) is 16.9. The molecule has 0 aromatic heterocycles. The Morgan fingerprint density at radius 1 is 1.11 bits per heavy atom. The van der Waals surface area contributed by atoms with Gasteiger partial charge in [0, 0.05) is 6.42 Å². The van der Waals surface area contributed by atoms with E-state index in [9.17, 15) is 4.79 Å². The van der Waals surface area contributed by atoms with Gasteiger partial charge in [-0.2, -0.15) is 0 Å². The molecule has 2 heteroatoms. The first-order valence-electron chi connectivity index (χ1n) is 6.86. The molecule has 0 radical (unpaired) electrons. The largest absolute Gasteiger partial charge is 0.461 e. The second-order valence-corrected chi connectivity index (χ2v) is 5.49. The van der Waals surface area contributed by atoms with Gasteiger partial charge in [0.1, 0.15) is 6.61 Å². The summed E-state index contributed by atoms with van der Waals surface area (Å²) in [6.07, 6.45) is 7.77. The highest BCUT2D eigenvalue weighted by Gasteiger charge is 2.03. The van der Waals surface area contributed by atoms with Gasteiger partial charge in [-0.3, -0.25) is 4.79 Å². The Morgan fingerprint density at radius 2 is 1.78 bits per heavy atom. The average Bonchev–Trinajstić information content (AvgIpc) is 2.25. The average molecular weight is 252 g/mol. The minimum absolute atomic E-state index is 0.0861. The van der Waals surface area contributed by atoms with Gasteiger partial charge < -0.3 is 4.74 Å². The number of ether oxygens (including phenoxy) is 1. The quantitative estimate of drug-likeness (QED) is 0.464. The van der Waals surface area contributed by atoms with Crippen molar-refractivity contribution >= 4 is 5.97 Å². The highest BCUT2D eigenvalue weighted by atomic mass is 16.5. The standard InChI is InChI=1S/C16H28O2/c1-13(2)7-6-8-15(5)11-12-18-16(17)10-9-14(3)4/h7,11,14H,6,8-10,12H2,1-5H3/b15-11+. The molecule has 0 spiro atoms. The molecular formula is C16H28O2. The number of carbonyl (C=O) groups excluding carboxylic acids is 1. The van der Waals surface area contributed by atoms with Gasteiger partial charge in [-0.25, -0.2) is 0 Å². The number of esters is 1. The molecular weight excluding hydrogens is 224 g/mol. The third-order valence-electron chi connectivity index (χ3n) is 2.69. The van der Waals surface area contributed by atoms with Crippen molar-refractivity contribution < 1.29 is 9.53 Å². The first-order chi connectivity index (χ1) is 8.41. The van der Waals surface area contributed by atoms with Gasteiger partial charge in [0.25, 0.3) is 0 Å². The molecule has 0 fully saturated rings. The summed E-state index contributed by atoms with van der Waals surface area (Å²) in [5, 5.41) is 0. The summed E-state index contributed by atoms with van der Waals surface area (Å²) in [4.78, 5) is 11.4. The van der Waals surface area contributed by atoms with Gasteiger partial charge in [0.2, 0.25) is 0 Å². The third-order valence-corrected chi connectivity index (χ3v) is 2.69. The van der Waals surface area contributed by atoms with Crippen molar-refractivity contribution in [1.29, 1.82) is 0 Å².